The summed E-state index contributed by atoms with van der Waals surface area (Å²) in [5.74, 6) is 0.722. The summed E-state index contributed by atoms with van der Waals surface area (Å²) in [5, 5.41) is 2.68. The monoisotopic (exact) mass is 415 g/mol. The Morgan fingerprint density at radius 2 is 1.57 bits per heavy atom. The van der Waals surface area contributed by atoms with E-state index >= 15 is 0 Å². The SMILES string of the molecule is COc1ccc(CNC(=O)COC(=O)COc2ccc(C(C)(C)C)cc2)cc1OC. The Hall–Kier alpha value is -3.22. The predicted octanol–water partition coefficient (Wildman–Crippen LogP) is 3.24. The Bertz CT molecular complexity index is 855. The first kappa shape index (κ1) is 23.1. The van der Waals surface area contributed by atoms with Crippen molar-refractivity contribution in [2.45, 2.75) is 32.7 Å². The van der Waals surface area contributed by atoms with E-state index in [1.165, 1.54) is 5.56 Å². The standard InChI is InChI=1S/C23H29NO6/c1-23(2,3)17-7-9-18(10-8-17)29-15-22(26)30-14-21(25)24-13-16-6-11-19(27-4)20(12-16)28-5/h6-12H,13-15H2,1-5H3,(H,24,25). The highest BCUT2D eigenvalue weighted by atomic mass is 16.6. The predicted molar refractivity (Wildman–Crippen MR) is 113 cm³/mol. The van der Waals surface area contributed by atoms with Gasteiger partial charge in [0.2, 0.25) is 0 Å². The van der Waals surface area contributed by atoms with Crippen LogP contribution in [0.3, 0.4) is 0 Å². The number of methoxy groups -OCH3 is 2. The number of carbonyl (C=O) groups excluding carboxylic acids is 2. The van der Waals surface area contributed by atoms with Crippen molar-refractivity contribution in [1.29, 1.82) is 0 Å². The Balaban J connectivity index is 1.72. The molecule has 1 N–H and O–H groups in total. The number of nitrogens with one attached hydrogen (secondary N) is 1. The van der Waals surface area contributed by atoms with Crippen LogP contribution in [-0.4, -0.2) is 39.3 Å². The minimum atomic E-state index is -0.615. The van der Waals surface area contributed by atoms with Gasteiger partial charge < -0.3 is 24.3 Å². The van der Waals surface area contributed by atoms with Crippen molar-refractivity contribution in [3.05, 3.63) is 53.6 Å². The third-order valence-corrected chi connectivity index (χ3v) is 4.38. The minimum Gasteiger partial charge on any atom is -0.493 e. The highest BCUT2D eigenvalue weighted by Gasteiger charge is 2.14. The summed E-state index contributed by atoms with van der Waals surface area (Å²) in [7, 11) is 3.10. The van der Waals surface area contributed by atoms with Crippen LogP contribution in [0.1, 0.15) is 31.9 Å². The molecule has 0 atom stereocenters. The molecule has 162 valence electrons. The summed E-state index contributed by atoms with van der Waals surface area (Å²) in [6.45, 7) is 5.99. The number of ether oxygens (including phenoxy) is 4. The average Bonchev–Trinajstić information content (AvgIpc) is 2.74. The fraction of sp³-hybridized carbons (Fsp3) is 0.391. The first-order valence-electron chi connectivity index (χ1n) is 9.59. The maximum absolute atomic E-state index is 11.9. The van der Waals surface area contributed by atoms with Gasteiger partial charge in [0.05, 0.1) is 14.2 Å². The van der Waals surface area contributed by atoms with E-state index in [1.54, 1.807) is 26.4 Å². The van der Waals surface area contributed by atoms with E-state index in [9.17, 15) is 9.59 Å². The molecule has 0 aliphatic carbocycles. The number of rotatable bonds is 9. The van der Waals surface area contributed by atoms with E-state index < -0.39 is 11.9 Å². The van der Waals surface area contributed by atoms with Crippen LogP contribution in [-0.2, 0) is 26.3 Å². The zero-order valence-electron chi connectivity index (χ0n) is 18.1. The van der Waals surface area contributed by atoms with Gasteiger partial charge in [-0.05, 0) is 40.8 Å². The lowest BCUT2D eigenvalue weighted by molar-refractivity contribution is -0.150. The van der Waals surface area contributed by atoms with E-state index in [1.807, 2.05) is 30.3 Å². The van der Waals surface area contributed by atoms with E-state index in [-0.39, 0.29) is 25.2 Å². The van der Waals surface area contributed by atoms with Gasteiger partial charge in [-0.15, -0.1) is 0 Å². The number of benzene rings is 2. The lowest BCUT2D eigenvalue weighted by atomic mass is 9.87. The van der Waals surface area contributed by atoms with Crippen LogP contribution in [0.2, 0.25) is 0 Å². The molecule has 0 spiro atoms. The van der Waals surface area contributed by atoms with Crippen LogP contribution < -0.4 is 19.5 Å². The second kappa shape index (κ2) is 10.5. The van der Waals surface area contributed by atoms with Crippen LogP contribution in [0.4, 0.5) is 0 Å². The van der Waals surface area contributed by atoms with E-state index in [4.69, 9.17) is 18.9 Å². The van der Waals surface area contributed by atoms with Gasteiger partial charge in [0.15, 0.2) is 24.7 Å². The minimum absolute atomic E-state index is 0.0434. The van der Waals surface area contributed by atoms with Gasteiger partial charge in [-0.25, -0.2) is 4.79 Å². The molecular weight excluding hydrogens is 386 g/mol. The fourth-order valence-corrected chi connectivity index (χ4v) is 2.62. The van der Waals surface area contributed by atoms with Gasteiger partial charge in [0, 0.05) is 6.54 Å². The molecule has 7 heteroatoms. The van der Waals surface area contributed by atoms with Crippen molar-refractivity contribution in [1.82, 2.24) is 5.32 Å². The molecule has 0 unspecified atom stereocenters. The summed E-state index contributed by atoms with van der Waals surface area (Å²) in [6, 6.07) is 12.9. The lowest BCUT2D eigenvalue weighted by Crippen LogP contribution is -2.29. The number of carbonyl (C=O) groups is 2. The van der Waals surface area contributed by atoms with E-state index in [0.29, 0.717) is 17.2 Å². The summed E-state index contributed by atoms with van der Waals surface area (Å²) in [5.41, 5.74) is 2.04. The fourth-order valence-electron chi connectivity index (χ4n) is 2.62. The maximum Gasteiger partial charge on any atom is 0.344 e. The molecule has 0 aliphatic heterocycles. The molecule has 0 heterocycles. The molecule has 2 aromatic rings. The molecule has 30 heavy (non-hydrogen) atoms. The smallest absolute Gasteiger partial charge is 0.344 e. The molecule has 0 aromatic heterocycles. The molecule has 0 fully saturated rings. The first-order valence-corrected chi connectivity index (χ1v) is 9.59. The number of esters is 1. The highest BCUT2D eigenvalue weighted by molar-refractivity contribution is 5.80. The Labute approximate surface area is 177 Å². The summed E-state index contributed by atoms with van der Waals surface area (Å²) in [4.78, 5) is 23.7. The molecule has 0 bridgehead atoms. The molecule has 2 rings (SSSR count). The average molecular weight is 415 g/mol. The summed E-state index contributed by atoms with van der Waals surface area (Å²) in [6.07, 6.45) is 0. The summed E-state index contributed by atoms with van der Waals surface area (Å²) >= 11 is 0. The molecule has 7 nitrogen and oxygen atoms in total. The Morgan fingerprint density at radius 1 is 0.900 bits per heavy atom. The van der Waals surface area contributed by atoms with Gasteiger partial charge in [0.1, 0.15) is 5.75 Å². The zero-order valence-corrected chi connectivity index (χ0v) is 18.1. The summed E-state index contributed by atoms with van der Waals surface area (Å²) < 4.78 is 20.8. The van der Waals surface area contributed by atoms with Gasteiger partial charge in [-0.3, -0.25) is 4.79 Å². The van der Waals surface area contributed by atoms with Crippen LogP contribution in [0, 0.1) is 0 Å². The number of hydrogen-bond acceptors (Lipinski definition) is 6. The van der Waals surface area contributed by atoms with Gasteiger partial charge in [-0.2, -0.15) is 0 Å². The lowest BCUT2D eigenvalue weighted by Gasteiger charge is -2.19. The molecule has 0 aliphatic rings. The molecule has 0 saturated carbocycles. The molecule has 1 amide bonds. The van der Waals surface area contributed by atoms with Crippen molar-refractivity contribution in [2.24, 2.45) is 0 Å². The second-order valence-electron chi connectivity index (χ2n) is 7.69. The van der Waals surface area contributed by atoms with Crippen molar-refractivity contribution in [3.63, 3.8) is 0 Å². The number of hydrogen-bond donors (Lipinski definition) is 1. The van der Waals surface area contributed by atoms with E-state index in [0.717, 1.165) is 5.56 Å². The number of amides is 1. The molecule has 0 saturated heterocycles. The Kier molecular flexibility index (Phi) is 8.09. The van der Waals surface area contributed by atoms with Crippen molar-refractivity contribution in [3.8, 4) is 17.2 Å². The van der Waals surface area contributed by atoms with Crippen LogP contribution in [0.5, 0.6) is 17.2 Å². The third kappa shape index (κ3) is 6.99. The first-order chi connectivity index (χ1) is 14.2. The second-order valence-corrected chi connectivity index (χ2v) is 7.69. The van der Waals surface area contributed by atoms with Gasteiger partial charge in [-0.1, -0.05) is 39.0 Å². The third-order valence-electron chi connectivity index (χ3n) is 4.38. The molecular formula is C23H29NO6. The topological polar surface area (TPSA) is 83.1 Å². The van der Waals surface area contributed by atoms with E-state index in [2.05, 4.69) is 26.1 Å². The molecule has 0 radical (unpaired) electrons. The Morgan fingerprint density at radius 3 is 2.17 bits per heavy atom. The van der Waals surface area contributed by atoms with Crippen molar-refractivity contribution in [2.75, 3.05) is 27.4 Å². The molecule has 2 aromatic carbocycles. The van der Waals surface area contributed by atoms with Crippen molar-refractivity contribution < 1.29 is 28.5 Å². The maximum atomic E-state index is 11.9. The normalized spacial score (nSPS) is 10.8. The van der Waals surface area contributed by atoms with Gasteiger partial charge in [0.25, 0.3) is 5.91 Å². The largest absolute Gasteiger partial charge is 0.493 e. The van der Waals surface area contributed by atoms with Gasteiger partial charge >= 0.3 is 5.97 Å². The van der Waals surface area contributed by atoms with Crippen molar-refractivity contribution >= 4 is 11.9 Å². The van der Waals surface area contributed by atoms with Crippen LogP contribution in [0.15, 0.2) is 42.5 Å². The van der Waals surface area contributed by atoms with Crippen LogP contribution >= 0.6 is 0 Å². The quantitative estimate of drug-likeness (QED) is 0.633. The zero-order chi connectivity index (χ0) is 22.1. The van der Waals surface area contributed by atoms with Crippen LogP contribution in [0.25, 0.3) is 0 Å². The highest BCUT2D eigenvalue weighted by Crippen LogP contribution is 2.27.